The third-order valence-electron chi connectivity index (χ3n) is 5.50. The zero-order chi connectivity index (χ0) is 20.8. The highest BCUT2D eigenvalue weighted by Crippen LogP contribution is 2.16. The highest BCUT2D eigenvalue weighted by atomic mass is 16.5. The second kappa shape index (κ2) is 9.84. The van der Waals surface area contributed by atoms with Crippen molar-refractivity contribution in [1.29, 1.82) is 0 Å². The number of hydrogen-bond donors (Lipinski definition) is 2. The molecule has 8 heteroatoms. The van der Waals surface area contributed by atoms with E-state index in [-0.39, 0.29) is 11.5 Å². The van der Waals surface area contributed by atoms with E-state index >= 15 is 0 Å². The number of quaternary nitrogens is 1. The number of benzene rings is 1. The van der Waals surface area contributed by atoms with Crippen LogP contribution in [-0.4, -0.2) is 54.4 Å². The zero-order valence-corrected chi connectivity index (χ0v) is 17.3. The van der Waals surface area contributed by atoms with Crippen LogP contribution in [0.4, 0.5) is 0 Å². The van der Waals surface area contributed by atoms with Gasteiger partial charge in [-0.1, -0.05) is 26.0 Å². The Kier molecular flexibility index (Phi) is 7.22. The van der Waals surface area contributed by atoms with Crippen LogP contribution in [0.3, 0.4) is 0 Å². The van der Waals surface area contributed by atoms with E-state index in [0.717, 1.165) is 32.8 Å². The molecule has 0 aliphatic carbocycles. The van der Waals surface area contributed by atoms with E-state index in [2.05, 4.69) is 5.32 Å². The molecular formula is C21H31N4O4+. The van der Waals surface area contributed by atoms with E-state index in [1.807, 2.05) is 13.8 Å². The van der Waals surface area contributed by atoms with E-state index in [4.69, 9.17) is 4.74 Å². The molecule has 29 heavy (non-hydrogen) atoms. The number of aromatic nitrogens is 2. The predicted octanol–water partition coefficient (Wildman–Crippen LogP) is -0.444. The van der Waals surface area contributed by atoms with Gasteiger partial charge in [-0.05, 0) is 25.0 Å². The van der Waals surface area contributed by atoms with Crippen molar-refractivity contribution in [3.8, 4) is 0 Å². The smallest absolute Gasteiger partial charge is 0.332 e. The molecule has 158 valence electrons. The summed E-state index contributed by atoms with van der Waals surface area (Å²) in [6.45, 7) is 8.90. The molecule has 0 radical (unpaired) electrons. The highest BCUT2D eigenvalue weighted by Gasteiger charge is 2.24. The summed E-state index contributed by atoms with van der Waals surface area (Å²) in [5.41, 5.74) is -0.207. The molecule has 3 rings (SSSR count). The molecule has 0 saturated carbocycles. The fraction of sp³-hybridized carbons (Fsp3) is 0.571. The Hall–Kier alpha value is -2.45. The summed E-state index contributed by atoms with van der Waals surface area (Å²) in [5, 5.41) is 3.45. The number of morpholine rings is 1. The van der Waals surface area contributed by atoms with Gasteiger partial charge in [0, 0.05) is 6.54 Å². The summed E-state index contributed by atoms with van der Waals surface area (Å²) in [6.07, 6.45) is 1.13. The first kappa shape index (κ1) is 21.3. The van der Waals surface area contributed by atoms with E-state index in [0.29, 0.717) is 36.8 Å². The molecule has 1 fully saturated rings. The molecule has 0 unspecified atom stereocenters. The standard InChI is InChI=1S/C21H30N4O4/c1-3-10-24-20(27)16-7-5-6-8-18(16)25(21(24)28)17(4-2)19(26)22-9-11-23-12-14-29-15-13-23/h5-8,17H,3-4,9-15H2,1-2H3,(H,22,26)/p+1/t17-/m0/s1. The average Bonchev–Trinajstić information content (AvgIpc) is 2.75. The molecule has 1 aliphatic heterocycles. The van der Waals surface area contributed by atoms with Crippen LogP contribution >= 0.6 is 0 Å². The number of nitrogens with one attached hydrogen (secondary N) is 2. The Morgan fingerprint density at radius 2 is 1.93 bits per heavy atom. The molecule has 8 nitrogen and oxygen atoms in total. The van der Waals surface area contributed by atoms with Crippen molar-refractivity contribution in [2.24, 2.45) is 0 Å². The quantitative estimate of drug-likeness (QED) is 0.626. The Morgan fingerprint density at radius 3 is 2.62 bits per heavy atom. The number of para-hydroxylation sites is 1. The number of amides is 1. The third-order valence-corrected chi connectivity index (χ3v) is 5.50. The maximum absolute atomic E-state index is 13.1. The van der Waals surface area contributed by atoms with Gasteiger partial charge in [0.05, 0.1) is 37.2 Å². The van der Waals surface area contributed by atoms with Crippen LogP contribution < -0.4 is 21.5 Å². The van der Waals surface area contributed by atoms with Crippen molar-refractivity contribution >= 4 is 16.8 Å². The molecule has 1 atom stereocenters. The number of nitrogens with zero attached hydrogens (tertiary/aromatic N) is 2. The van der Waals surface area contributed by atoms with Crippen molar-refractivity contribution in [1.82, 2.24) is 14.5 Å². The van der Waals surface area contributed by atoms with E-state index in [1.165, 1.54) is 14.0 Å². The molecule has 1 aromatic heterocycles. The lowest BCUT2D eigenvalue weighted by Crippen LogP contribution is -3.14. The summed E-state index contributed by atoms with van der Waals surface area (Å²) in [5.74, 6) is -0.186. The molecule has 2 aromatic rings. The van der Waals surface area contributed by atoms with Gasteiger partial charge in [-0.3, -0.25) is 18.7 Å². The predicted molar refractivity (Wildman–Crippen MR) is 111 cm³/mol. The number of fused-ring (bicyclic) bond motifs is 1. The van der Waals surface area contributed by atoms with Crippen LogP contribution in [0.2, 0.25) is 0 Å². The monoisotopic (exact) mass is 403 g/mol. The molecular weight excluding hydrogens is 372 g/mol. The fourth-order valence-corrected chi connectivity index (χ4v) is 3.93. The first-order chi connectivity index (χ1) is 14.1. The highest BCUT2D eigenvalue weighted by molar-refractivity contribution is 5.84. The molecule has 1 aromatic carbocycles. The normalized spacial score (nSPS) is 16.1. The Balaban J connectivity index is 1.88. The van der Waals surface area contributed by atoms with Crippen molar-refractivity contribution in [2.75, 3.05) is 39.4 Å². The molecule has 1 aliphatic rings. The van der Waals surface area contributed by atoms with Crippen LogP contribution in [0.25, 0.3) is 10.9 Å². The molecule has 1 saturated heterocycles. The van der Waals surface area contributed by atoms with Crippen LogP contribution in [0.15, 0.2) is 33.9 Å². The molecule has 0 bridgehead atoms. The minimum absolute atomic E-state index is 0.186. The number of carbonyl (C=O) groups excluding carboxylic acids is 1. The van der Waals surface area contributed by atoms with Gasteiger partial charge in [0.2, 0.25) is 5.91 Å². The van der Waals surface area contributed by atoms with E-state index in [9.17, 15) is 14.4 Å². The summed E-state index contributed by atoms with van der Waals surface area (Å²) in [7, 11) is 0. The minimum Gasteiger partial charge on any atom is -0.370 e. The molecule has 1 amide bonds. The Bertz CT molecular complexity index is 959. The Morgan fingerprint density at radius 1 is 1.21 bits per heavy atom. The fourth-order valence-electron chi connectivity index (χ4n) is 3.93. The number of ether oxygens (including phenoxy) is 1. The van der Waals surface area contributed by atoms with Gasteiger partial charge in [-0.15, -0.1) is 0 Å². The molecule has 0 spiro atoms. The van der Waals surface area contributed by atoms with Crippen LogP contribution in [0, 0.1) is 0 Å². The molecule has 2 N–H and O–H groups in total. The zero-order valence-electron chi connectivity index (χ0n) is 17.3. The number of rotatable bonds is 8. The van der Waals surface area contributed by atoms with Gasteiger partial charge in [-0.25, -0.2) is 4.79 Å². The SMILES string of the molecule is CCCn1c(=O)c2ccccc2n([C@@H](CC)C(=O)NCC[NH+]2CCOCC2)c1=O. The first-order valence-corrected chi connectivity index (χ1v) is 10.5. The summed E-state index contributed by atoms with van der Waals surface area (Å²) in [6, 6.07) is 6.36. The van der Waals surface area contributed by atoms with Gasteiger partial charge >= 0.3 is 5.69 Å². The van der Waals surface area contributed by atoms with Crippen molar-refractivity contribution in [3.05, 3.63) is 45.1 Å². The van der Waals surface area contributed by atoms with Gasteiger partial charge in [0.1, 0.15) is 19.1 Å². The van der Waals surface area contributed by atoms with Gasteiger partial charge < -0.3 is 15.0 Å². The third kappa shape index (κ3) is 4.59. The van der Waals surface area contributed by atoms with Crippen LogP contribution in [0.1, 0.15) is 32.7 Å². The lowest BCUT2D eigenvalue weighted by Gasteiger charge is -2.25. The lowest BCUT2D eigenvalue weighted by molar-refractivity contribution is -0.906. The second-order valence-corrected chi connectivity index (χ2v) is 7.45. The van der Waals surface area contributed by atoms with Gasteiger partial charge in [0.25, 0.3) is 5.56 Å². The largest absolute Gasteiger partial charge is 0.370 e. The first-order valence-electron chi connectivity index (χ1n) is 10.5. The maximum Gasteiger partial charge on any atom is 0.332 e. The number of carbonyl (C=O) groups is 1. The summed E-state index contributed by atoms with van der Waals surface area (Å²) >= 11 is 0. The number of hydrogen-bond acceptors (Lipinski definition) is 4. The average molecular weight is 404 g/mol. The van der Waals surface area contributed by atoms with E-state index < -0.39 is 11.7 Å². The Labute approximate surface area is 170 Å². The lowest BCUT2D eigenvalue weighted by atomic mass is 10.1. The summed E-state index contributed by atoms with van der Waals surface area (Å²) < 4.78 is 8.10. The molecule has 2 heterocycles. The maximum atomic E-state index is 13.1. The summed E-state index contributed by atoms with van der Waals surface area (Å²) in [4.78, 5) is 40.3. The minimum atomic E-state index is -0.657. The van der Waals surface area contributed by atoms with Gasteiger partial charge in [0.15, 0.2) is 0 Å². The van der Waals surface area contributed by atoms with Crippen LogP contribution in [0.5, 0.6) is 0 Å². The van der Waals surface area contributed by atoms with Crippen LogP contribution in [-0.2, 0) is 16.1 Å². The van der Waals surface area contributed by atoms with Crippen molar-refractivity contribution < 1.29 is 14.4 Å². The second-order valence-electron chi connectivity index (χ2n) is 7.45. The van der Waals surface area contributed by atoms with Crippen molar-refractivity contribution in [3.63, 3.8) is 0 Å². The van der Waals surface area contributed by atoms with Crippen molar-refractivity contribution in [2.45, 2.75) is 39.3 Å². The topological polar surface area (TPSA) is 86.8 Å². The van der Waals surface area contributed by atoms with Gasteiger partial charge in [-0.2, -0.15) is 0 Å². The van der Waals surface area contributed by atoms with E-state index in [1.54, 1.807) is 24.3 Å².